The molecule has 24 heavy (non-hydrogen) atoms. The summed E-state index contributed by atoms with van der Waals surface area (Å²) < 4.78 is 34.3. The quantitative estimate of drug-likeness (QED) is 0.863. The Morgan fingerprint density at radius 1 is 1.25 bits per heavy atom. The molecule has 1 aliphatic rings. The highest BCUT2D eigenvalue weighted by Gasteiger charge is 2.20. The van der Waals surface area contributed by atoms with Gasteiger partial charge in [0.2, 0.25) is 5.89 Å². The first-order valence-electron chi connectivity index (χ1n) is 8.03. The van der Waals surface area contributed by atoms with E-state index in [1.54, 1.807) is 6.20 Å². The number of sulfone groups is 1. The highest BCUT2D eigenvalue weighted by atomic mass is 32.2. The topological polar surface area (TPSA) is 81.4 Å². The Hall–Kier alpha value is -1.86. The van der Waals surface area contributed by atoms with E-state index < -0.39 is 9.84 Å². The second kappa shape index (κ2) is 7.36. The van der Waals surface area contributed by atoms with Gasteiger partial charge in [-0.15, -0.1) is 0 Å². The van der Waals surface area contributed by atoms with E-state index >= 15 is 0 Å². The molecule has 0 unspecified atom stereocenters. The lowest BCUT2D eigenvalue weighted by Gasteiger charge is -2.19. The normalized spacial score (nSPS) is 16.2. The number of anilines is 1. The van der Waals surface area contributed by atoms with Crippen LogP contribution in [0.15, 0.2) is 34.9 Å². The van der Waals surface area contributed by atoms with Gasteiger partial charge in [0.1, 0.15) is 5.76 Å². The molecule has 0 bridgehead atoms. The number of para-hydroxylation sites is 1. The number of nitrogens with zero attached hydrogens (tertiary/aromatic N) is 1. The zero-order chi connectivity index (χ0) is 17.0. The van der Waals surface area contributed by atoms with Crippen molar-refractivity contribution in [1.29, 1.82) is 0 Å². The molecule has 0 radical (unpaired) electrons. The van der Waals surface area contributed by atoms with E-state index in [-0.39, 0.29) is 5.75 Å². The fourth-order valence-corrected chi connectivity index (χ4v) is 3.67. The number of oxazole rings is 1. The summed E-state index contributed by atoms with van der Waals surface area (Å²) in [6.07, 6.45) is 4.94. The molecular weight excluding hydrogens is 328 g/mol. The summed E-state index contributed by atoms with van der Waals surface area (Å²) in [6.45, 7) is 1.94. The summed E-state index contributed by atoms with van der Waals surface area (Å²) in [5.74, 6) is 1.89. The Balaban J connectivity index is 1.65. The van der Waals surface area contributed by atoms with Crippen molar-refractivity contribution in [2.45, 2.75) is 31.1 Å². The van der Waals surface area contributed by atoms with Crippen LogP contribution in [0.4, 0.5) is 5.69 Å². The zero-order valence-electron chi connectivity index (χ0n) is 13.7. The molecule has 0 saturated carbocycles. The molecule has 130 valence electrons. The van der Waals surface area contributed by atoms with Gasteiger partial charge in [-0.2, -0.15) is 0 Å². The Kier molecular flexibility index (Phi) is 5.20. The second-order valence-electron chi connectivity index (χ2n) is 6.12. The van der Waals surface area contributed by atoms with Gasteiger partial charge in [0, 0.05) is 31.1 Å². The van der Waals surface area contributed by atoms with Crippen LogP contribution in [-0.4, -0.2) is 32.9 Å². The summed E-state index contributed by atoms with van der Waals surface area (Å²) >= 11 is 0. The van der Waals surface area contributed by atoms with Crippen LogP contribution >= 0.6 is 0 Å². The molecule has 6 nitrogen and oxygen atoms in total. The van der Waals surface area contributed by atoms with Crippen LogP contribution in [0.1, 0.15) is 36.0 Å². The van der Waals surface area contributed by atoms with Crippen molar-refractivity contribution in [3.05, 3.63) is 47.7 Å². The minimum atomic E-state index is -3.08. The molecule has 0 spiro atoms. The monoisotopic (exact) mass is 350 g/mol. The maximum Gasteiger partial charge on any atom is 0.213 e. The van der Waals surface area contributed by atoms with Gasteiger partial charge in [0.25, 0.3) is 0 Å². The third-order valence-corrected chi connectivity index (χ3v) is 4.90. The smallest absolute Gasteiger partial charge is 0.213 e. The van der Waals surface area contributed by atoms with Gasteiger partial charge < -0.3 is 14.5 Å². The third kappa shape index (κ3) is 4.58. The summed E-state index contributed by atoms with van der Waals surface area (Å²) in [5, 5.41) is 3.22. The van der Waals surface area contributed by atoms with E-state index in [1.165, 1.54) is 6.26 Å². The van der Waals surface area contributed by atoms with Crippen LogP contribution in [-0.2, 0) is 26.9 Å². The highest BCUT2D eigenvalue weighted by molar-refractivity contribution is 7.89. The molecule has 0 amide bonds. The van der Waals surface area contributed by atoms with Crippen molar-refractivity contribution in [3.8, 4) is 0 Å². The fourth-order valence-electron chi connectivity index (χ4n) is 2.85. The van der Waals surface area contributed by atoms with Crippen LogP contribution in [0, 0.1) is 0 Å². The van der Waals surface area contributed by atoms with Crippen molar-refractivity contribution in [2.75, 3.05) is 24.8 Å². The first-order valence-corrected chi connectivity index (χ1v) is 10.1. The average molecular weight is 350 g/mol. The van der Waals surface area contributed by atoms with Crippen molar-refractivity contribution in [2.24, 2.45) is 0 Å². The summed E-state index contributed by atoms with van der Waals surface area (Å²) in [6, 6.07) is 7.38. The number of benzene rings is 1. The van der Waals surface area contributed by atoms with Gasteiger partial charge in [-0.3, -0.25) is 0 Å². The van der Waals surface area contributed by atoms with Crippen LogP contribution in [0.2, 0.25) is 0 Å². The number of rotatable bonds is 6. The number of nitrogens with one attached hydrogen (secondary N) is 1. The molecule has 1 saturated heterocycles. The molecule has 1 N–H and O–H groups in total. The summed E-state index contributed by atoms with van der Waals surface area (Å²) in [4.78, 5) is 4.32. The van der Waals surface area contributed by atoms with Crippen LogP contribution in [0.3, 0.4) is 0 Å². The van der Waals surface area contributed by atoms with E-state index in [2.05, 4.69) is 10.3 Å². The largest absolute Gasteiger partial charge is 0.443 e. The number of hydrogen-bond donors (Lipinski definition) is 1. The summed E-state index contributed by atoms with van der Waals surface area (Å²) in [5.41, 5.74) is 1.53. The van der Waals surface area contributed by atoms with Gasteiger partial charge in [-0.1, -0.05) is 18.2 Å². The molecule has 7 heteroatoms. The molecular formula is C17H22N2O4S. The number of ether oxygens (including phenoxy) is 1. The Morgan fingerprint density at radius 3 is 2.75 bits per heavy atom. The first kappa shape index (κ1) is 17.0. The van der Waals surface area contributed by atoms with Crippen molar-refractivity contribution < 1.29 is 17.6 Å². The fraction of sp³-hybridized carbons (Fsp3) is 0.471. The van der Waals surface area contributed by atoms with Crippen molar-refractivity contribution >= 4 is 15.5 Å². The molecule has 0 aliphatic carbocycles. The lowest BCUT2D eigenvalue weighted by Crippen LogP contribution is -2.13. The van der Waals surface area contributed by atoms with E-state index in [1.807, 2.05) is 24.3 Å². The van der Waals surface area contributed by atoms with E-state index in [0.717, 1.165) is 43.1 Å². The minimum Gasteiger partial charge on any atom is -0.443 e. The van der Waals surface area contributed by atoms with E-state index in [9.17, 15) is 8.42 Å². The zero-order valence-corrected chi connectivity index (χ0v) is 14.5. The van der Waals surface area contributed by atoms with Crippen LogP contribution < -0.4 is 5.32 Å². The standard InChI is InChI=1S/C17H22N2O4S/c1-24(20,21)12-14-4-2-3-5-15(14)18-11-17-19-10-16(23-17)13-6-8-22-9-7-13/h2-5,10,13,18H,6-9,11-12H2,1H3. The molecule has 1 aliphatic heterocycles. The highest BCUT2D eigenvalue weighted by Crippen LogP contribution is 2.27. The Bertz CT molecular complexity index is 779. The summed E-state index contributed by atoms with van der Waals surface area (Å²) in [7, 11) is -3.08. The van der Waals surface area contributed by atoms with Gasteiger partial charge in [-0.25, -0.2) is 13.4 Å². The SMILES string of the molecule is CS(=O)(=O)Cc1ccccc1NCc1ncc(C2CCOCC2)o1. The number of aromatic nitrogens is 1. The van der Waals surface area contributed by atoms with Crippen LogP contribution in [0.25, 0.3) is 0 Å². The maximum atomic E-state index is 11.5. The minimum absolute atomic E-state index is 0.00901. The van der Waals surface area contributed by atoms with Crippen molar-refractivity contribution in [1.82, 2.24) is 4.98 Å². The van der Waals surface area contributed by atoms with Gasteiger partial charge in [-0.05, 0) is 24.5 Å². The average Bonchev–Trinajstić information content (AvgIpc) is 3.02. The van der Waals surface area contributed by atoms with Gasteiger partial charge in [0.05, 0.1) is 18.5 Å². The van der Waals surface area contributed by atoms with E-state index in [4.69, 9.17) is 9.15 Å². The molecule has 3 rings (SSSR count). The molecule has 2 heterocycles. The second-order valence-corrected chi connectivity index (χ2v) is 8.26. The van der Waals surface area contributed by atoms with Crippen LogP contribution in [0.5, 0.6) is 0 Å². The first-order chi connectivity index (χ1) is 11.5. The van der Waals surface area contributed by atoms with Gasteiger partial charge >= 0.3 is 0 Å². The molecule has 0 atom stereocenters. The maximum absolute atomic E-state index is 11.5. The third-order valence-electron chi connectivity index (χ3n) is 4.06. The van der Waals surface area contributed by atoms with Crippen molar-refractivity contribution in [3.63, 3.8) is 0 Å². The molecule has 1 fully saturated rings. The Morgan fingerprint density at radius 2 is 2.00 bits per heavy atom. The lowest BCUT2D eigenvalue weighted by atomic mass is 9.98. The molecule has 2 aromatic rings. The Labute approximate surface area is 142 Å². The predicted octanol–water partition coefficient (Wildman–Crippen LogP) is 2.73. The molecule has 1 aromatic heterocycles. The predicted molar refractivity (Wildman–Crippen MR) is 91.6 cm³/mol. The van der Waals surface area contributed by atoms with Gasteiger partial charge in [0.15, 0.2) is 9.84 Å². The molecule has 1 aromatic carbocycles. The lowest BCUT2D eigenvalue weighted by molar-refractivity contribution is 0.0804. The number of hydrogen-bond acceptors (Lipinski definition) is 6. The van der Waals surface area contributed by atoms with E-state index in [0.29, 0.717) is 18.4 Å².